The van der Waals surface area contributed by atoms with Crippen LogP contribution in [0.15, 0.2) is 18.2 Å². The number of methoxy groups -OCH3 is 3. The molecule has 1 fully saturated rings. The molecule has 6 heteroatoms. The Kier molecular flexibility index (Phi) is 8.13. The lowest BCUT2D eigenvalue weighted by molar-refractivity contribution is -0.138. The number of benzene rings is 1. The third-order valence-electron chi connectivity index (χ3n) is 5.67. The van der Waals surface area contributed by atoms with Crippen LogP contribution in [0.5, 0.6) is 11.5 Å². The lowest BCUT2D eigenvalue weighted by Gasteiger charge is -2.45. The molecular weight excluding hydrogens is 356 g/mol. The van der Waals surface area contributed by atoms with Crippen molar-refractivity contribution in [1.82, 2.24) is 9.80 Å². The van der Waals surface area contributed by atoms with E-state index in [-0.39, 0.29) is 17.7 Å². The summed E-state index contributed by atoms with van der Waals surface area (Å²) in [5, 5.41) is 0. The third kappa shape index (κ3) is 4.97. The number of rotatable bonds is 8. The fraction of sp³-hybridized carbons (Fsp3) is 0.682. The van der Waals surface area contributed by atoms with Crippen LogP contribution in [0.4, 0.5) is 0 Å². The smallest absolute Gasteiger partial charge is 0.230 e. The standard InChI is InChI=1S/C22H36N2O4/c1-15(2)21(18-8-9-19(27-6)20(12-18)28-7)22(25)23-13-16(3)24(10-11-26-5)17(4)14-23/h8-9,12,15-17,21H,10-11,13-14H2,1-7H3. The largest absolute Gasteiger partial charge is 0.493 e. The summed E-state index contributed by atoms with van der Waals surface area (Å²) in [5.41, 5.74) is 0.972. The predicted molar refractivity (Wildman–Crippen MR) is 111 cm³/mol. The quantitative estimate of drug-likeness (QED) is 0.681. The summed E-state index contributed by atoms with van der Waals surface area (Å²) in [4.78, 5) is 18.0. The molecule has 0 radical (unpaired) electrons. The van der Waals surface area contributed by atoms with Gasteiger partial charge in [-0.2, -0.15) is 0 Å². The van der Waals surface area contributed by atoms with E-state index in [0.29, 0.717) is 30.2 Å². The van der Waals surface area contributed by atoms with Gasteiger partial charge in [-0.05, 0) is 37.5 Å². The van der Waals surface area contributed by atoms with Crippen LogP contribution in [0.2, 0.25) is 0 Å². The number of amides is 1. The molecule has 0 aliphatic carbocycles. The molecule has 0 spiro atoms. The van der Waals surface area contributed by atoms with Crippen LogP contribution in [-0.4, -0.2) is 75.4 Å². The van der Waals surface area contributed by atoms with Gasteiger partial charge in [0.25, 0.3) is 0 Å². The second-order valence-corrected chi connectivity index (χ2v) is 8.01. The Morgan fingerprint density at radius 1 is 1.07 bits per heavy atom. The Balaban J connectivity index is 2.22. The average molecular weight is 393 g/mol. The van der Waals surface area contributed by atoms with Crippen molar-refractivity contribution in [2.45, 2.75) is 45.7 Å². The summed E-state index contributed by atoms with van der Waals surface area (Å²) in [7, 11) is 4.97. The number of carbonyl (C=O) groups excluding carboxylic acids is 1. The van der Waals surface area contributed by atoms with Crippen molar-refractivity contribution in [2.24, 2.45) is 5.92 Å². The van der Waals surface area contributed by atoms with Gasteiger partial charge < -0.3 is 19.1 Å². The molecule has 1 heterocycles. The second-order valence-electron chi connectivity index (χ2n) is 8.01. The first kappa shape index (κ1) is 22.5. The molecule has 1 aromatic carbocycles. The normalized spacial score (nSPS) is 21.6. The molecule has 3 atom stereocenters. The van der Waals surface area contributed by atoms with Gasteiger partial charge in [0.15, 0.2) is 11.5 Å². The Bertz CT molecular complexity index is 637. The Hall–Kier alpha value is -1.79. The van der Waals surface area contributed by atoms with Crippen molar-refractivity contribution in [3.63, 3.8) is 0 Å². The van der Waals surface area contributed by atoms with E-state index >= 15 is 0 Å². The molecule has 1 aliphatic heterocycles. The molecule has 1 saturated heterocycles. The average Bonchev–Trinajstić information content (AvgIpc) is 2.66. The van der Waals surface area contributed by atoms with Crippen LogP contribution in [0, 0.1) is 5.92 Å². The molecule has 6 nitrogen and oxygen atoms in total. The van der Waals surface area contributed by atoms with Crippen LogP contribution in [0.1, 0.15) is 39.2 Å². The molecule has 3 unspecified atom stereocenters. The van der Waals surface area contributed by atoms with Crippen LogP contribution >= 0.6 is 0 Å². The zero-order valence-electron chi connectivity index (χ0n) is 18.4. The monoisotopic (exact) mass is 392 g/mol. The molecule has 0 saturated carbocycles. The highest BCUT2D eigenvalue weighted by molar-refractivity contribution is 5.84. The maximum Gasteiger partial charge on any atom is 0.230 e. The van der Waals surface area contributed by atoms with E-state index in [2.05, 4.69) is 32.6 Å². The Morgan fingerprint density at radius 2 is 1.68 bits per heavy atom. The maximum absolute atomic E-state index is 13.5. The van der Waals surface area contributed by atoms with Crippen LogP contribution in [0.25, 0.3) is 0 Å². The van der Waals surface area contributed by atoms with Crippen LogP contribution in [0.3, 0.4) is 0 Å². The third-order valence-corrected chi connectivity index (χ3v) is 5.67. The highest BCUT2D eigenvalue weighted by atomic mass is 16.5. The van der Waals surface area contributed by atoms with Gasteiger partial charge in [0, 0.05) is 38.8 Å². The minimum atomic E-state index is -0.204. The SMILES string of the molecule is COCCN1C(C)CN(C(=O)C(c2ccc(OC)c(OC)c2)C(C)C)CC1C. The van der Waals surface area contributed by atoms with Gasteiger partial charge in [-0.1, -0.05) is 19.9 Å². The first-order valence-corrected chi connectivity index (χ1v) is 10.1. The highest BCUT2D eigenvalue weighted by Gasteiger charge is 2.36. The van der Waals surface area contributed by atoms with Crippen molar-refractivity contribution in [1.29, 1.82) is 0 Å². The summed E-state index contributed by atoms with van der Waals surface area (Å²) >= 11 is 0. The van der Waals surface area contributed by atoms with E-state index in [1.165, 1.54) is 0 Å². The number of hydrogen-bond donors (Lipinski definition) is 0. The van der Waals surface area contributed by atoms with Crippen molar-refractivity contribution in [2.75, 3.05) is 47.6 Å². The summed E-state index contributed by atoms with van der Waals surface area (Å²) in [6.07, 6.45) is 0. The molecular formula is C22H36N2O4. The van der Waals surface area contributed by atoms with E-state index in [4.69, 9.17) is 14.2 Å². The molecule has 1 aromatic rings. The summed E-state index contributed by atoms with van der Waals surface area (Å²) in [6, 6.07) is 6.40. The number of carbonyl (C=O) groups is 1. The van der Waals surface area contributed by atoms with E-state index < -0.39 is 0 Å². The number of nitrogens with zero attached hydrogens (tertiary/aromatic N) is 2. The lowest BCUT2D eigenvalue weighted by atomic mass is 9.86. The van der Waals surface area contributed by atoms with Gasteiger partial charge >= 0.3 is 0 Å². The van der Waals surface area contributed by atoms with Crippen molar-refractivity contribution in [3.05, 3.63) is 23.8 Å². The summed E-state index contributed by atoms with van der Waals surface area (Å²) in [5.74, 6) is 1.50. The molecule has 1 amide bonds. The first-order chi connectivity index (χ1) is 13.3. The zero-order chi connectivity index (χ0) is 20.8. The van der Waals surface area contributed by atoms with Gasteiger partial charge in [-0.3, -0.25) is 9.69 Å². The van der Waals surface area contributed by atoms with E-state index in [1.54, 1.807) is 21.3 Å². The van der Waals surface area contributed by atoms with Crippen molar-refractivity contribution in [3.8, 4) is 11.5 Å². The van der Waals surface area contributed by atoms with Gasteiger partial charge in [-0.15, -0.1) is 0 Å². The van der Waals surface area contributed by atoms with E-state index in [9.17, 15) is 4.79 Å². The molecule has 28 heavy (non-hydrogen) atoms. The number of piperazine rings is 1. The predicted octanol–water partition coefficient (Wildman–Crippen LogP) is 3.01. The number of ether oxygens (including phenoxy) is 3. The first-order valence-electron chi connectivity index (χ1n) is 10.1. The van der Waals surface area contributed by atoms with Crippen molar-refractivity contribution < 1.29 is 19.0 Å². The van der Waals surface area contributed by atoms with Gasteiger partial charge in [0.05, 0.1) is 26.7 Å². The minimum Gasteiger partial charge on any atom is -0.493 e. The zero-order valence-corrected chi connectivity index (χ0v) is 18.4. The molecule has 1 aliphatic rings. The molecule has 0 aromatic heterocycles. The highest BCUT2D eigenvalue weighted by Crippen LogP contribution is 2.35. The molecule has 0 bridgehead atoms. The summed E-state index contributed by atoms with van der Waals surface area (Å²) < 4.78 is 16.0. The fourth-order valence-electron chi connectivity index (χ4n) is 4.23. The Morgan fingerprint density at radius 3 is 2.18 bits per heavy atom. The van der Waals surface area contributed by atoms with E-state index in [0.717, 1.165) is 25.2 Å². The Labute approximate surface area is 169 Å². The van der Waals surface area contributed by atoms with Gasteiger partial charge in [0.1, 0.15) is 0 Å². The minimum absolute atomic E-state index is 0.183. The maximum atomic E-state index is 13.5. The van der Waals surface area contributed by atoms with E-state index in [1.807, 2.05) is 23.1 Å². The van der Waals surface area contributed by atoms with Crippen LogP contribution in [-0.2, 0) is 9.53 Å². The van der Waals surface area contributed by atoms with Crippen molar-refractivity contribution >= 4 is 5.91 Å². The van der Waals surface area contributed by atoms with Gasteiger partial charge in [0.2, 0.25) is 5.91 Å². The fourth-order valence-corrected chi connectivity index (χ4v) is 4.23. The summed E-state index contributed by atoms with van der Waals surface area (Å²) in [6.45, 7) is 11.7. The second kappa shape index (κ2) is 10.1. The molecule has 158 valence electrons. The number of hydrogen-bond acceptors (Lipinski definition) is 5. The molecule has 2 rings (SSSR count). The van der Waals surface area contributed by atoms with Crippen LogP contribution < -0.4 is 9.47 Å². The lowest BCUT2D eigenvalue weighted by Crippen LogP contribution is -2.59. The van der Waals surface area contributed by atoms with Gasteiger partial charge in [-0.25, -0.2) is 0 Å². The molecule has 0 N–H and O–H groups in total. The topological polar surface area (TPSA) is 51.2 Å².